The Balaban J connectivity index is 0.00000384. The number of hydrogen-bond donors (Lipinski definition) is 0. The first kappa shape index (κ1) is 34.0. The van der Waals surface area contributed by atoms with Gasteiger partial charge in [0.2, 0.25) is 0 Å². The second-order valence-corrected chi connectivity index (χ2v) is 15.2. The van der Waals surface area contributed by atoms with E-state index in [1.807, 2.05) is 12.3 Å². The van der Waals surface area contributed by atoms with Crippen LogP contribution in [-0.4, -0.2) is 19.1 Å². The van der Waals surface area contributed by atoms with Crippen molar-refractivity contribution in [2.24, 2.45) is 0 Å². The third-order valence-corrected chi connectivity index (χ3v) is 10.6. The van der Waals surface area contributed by atoms with Crippen molar-refractivity contribution in [3.05, 3.63) is 156 Å². The van der Waals surface area contributed by atoms with Crippen LogP contribution in [0.15, 0.2) is 134 Å². The molecule has 0 spiro atoms. The number of para-hydroxylation sites is 3. The Morgan fingerprint density at radius 1 is 0.648 bits per heavy atom. The average molecular weight is 879 g/mol. The summed E-state index contributed by atoms with van der Waals surface area (Å²) in [6.45, 7) is 11.1. The fourth-order valence-electron chi connectivity index (χ4n) is 8.12. The topological polar surface area (TPSA) is 49.7 Å². The van der Waals surface area contributed by atoms with Gasteiger partial charge in [0.15, 0.2) is 0 Å². The minimum absolute atomic E-state index is 0. The summed E-state index contributed by atoms with van der Waals surface area (Å²) in [5.74, 6) is 1.74. The number of hydrogen-bond acceptors (Lipinski definition) is 2. The second kappa shape index (κ2) is 12.7. The van der Waals surface area contributed by atoms with Gasteiger partial charge in [-0.25, -0.2) is 9.97 Å². The van der Waals surface area contributed by atoms with Crippen molar-refractivity contribution in [1.82, 2.24) is 24.1 Å². The Kier molecular flexibility index (Phi) is 7.99. The van der Waals surface area contributed by atoms with Gasteiger partial charge in [0.25, 0.3) is 0 Å². The summed E-state index contributed by atoms with van der Waals surface area (Å²) in [5.41, 5.74) is 13.7. The molecule has 0 aliphatic carbocycles. The Hall–Kier alpha value is -5.77. The maximum absolute atomic E-state index is 5.56. The van der Waals surface area contributed by atoms with E-state index in [1.54, 1.807) is 0 Å². The van der Waals surface area contributed by atoms with Crippen LogP contribution in [0.3, 0.4) is 0 Å². The molecule has 5 nitrogen and oxygen atoms in total. The summed E-state index contributed by atoms with van der Waals surface area (Å²) in [5, 5.41) is 4.71. The van der Waals surface area contributed by atoms with E-state index in [0.717, 1.165) is 78.1 Å². The van der Waals surface area contributed by atoms with Gasteiger partial charge in [0.1, 0.15) is 11.6 Å². The predicted molar refractivity (Wildman–Crippen MR) is 219 cm³/mol. The van der Waals surface area contributed by atoms with E-state index in [1.165, 1.54) is 27.3 Å². The van der Waals surface area contributed by atoms with Crippen LogP contribution in [0.2, 0.25) is 0 Å². The molecule has 6 aromatic carbocycles. The zero-order valence-corrected chi connectivity index (χ0v) is 33.0. The van der Waals surface area contributed by atoms with Gasteiger partial charge in [0, 0.05) is 23.0 Å². The number of aromatic nitrogens is 5. The van der Waals surface area contributed by atoms with Gasteiger partial charge in [-0.3, -0.25) is 4.57 Å². The summed E-state index contributed by atoms with van der Waals surface area (Å²) in [7, 11) is 0. The number of rotatable bonds is 4. The van der Waals surface area contributed by atoms with Crippen LogP contribution in [-0.2, 0) is 26.5 Å². The molecule has 54 heavy (non-hydrogen) atoms. The third-order valence-electron chi connectivity index (χ3n) is 10.6. The molecule has 0 aliphatic heterocycles. The van der Waals surface area contributed by atoms with Crippen molar-refractivity contribution in [1.29, 1.82) is 0 Å². The smallest absolute Gasteiger partial charge is 0.656 e. The average Bonchev–Trinajstić information content (AvgIpc) is 3.84. The molecule has 264 valence electrons. The summed E-state index contributed by atoms with van der Waals surface area (Å²) in [4.78, 5) is 15.7. The summed E-state index contributed by atoms with van der Waals surface area (Å²) < 4.78 is 4.53. The fourth-order valence-corrected chi connectivity index (χ4v) is 8.12. The van der Waals surface area contributed by atoms with E-state index in [-0.39, 0.29) is 26.5 Å². The number of nitrogens with zero attached hydrogens (tertiary/aromatic N) is 5. The van der Waals surface area contributed by atoms with E-state index < -0.39 is 0 Å². The zero-order valence-electron chi connectivity index (χ0n) is 30.8. The van der Waals surface area contributed by atoms with E-state index >= 15 is 0 Å². The van der Waals surface area contributed by atoms with Gasteiger partial charge in [-0.2, -0.15) is 0 Å². The van der Waals surface area contributed by atoms with Crippen LogP contribution in [0.25, 0.3) is 88.7 Å². The molecule has 6 heteroatoms. The molecule has 0 unspecified atom stereocenters. The molecule has 0 bridgehead atoms. The molecule has 4 aromatic heterocycles. The molecular weight excluding hydrogens is 842 g/mol. The van der Waals surface area contributed by atoms with Gasteiger partial charge in [-0.1, -0.05) is 116 Å². The number of aryl methyl sites for hydroxylation is 2. The van der Waals surface area contributed by atoms with Crippen molar-refractivity contribution in [2.45, 2.75) is 40.0 Å². The summed E-state index contributed by atoms with van der Waals surface area (Å²) in [6.07, 6.45) is 1.88. The SMILES string of the molecule is Cc1ccnc(-n2c3[c-]c(-c4cccc5c4nc(-c4ccc(C(C)(C)C)c6c4[n-]c4ccc(C)cc46)n5-c4ccccc4)ccc3c3ccccc32)c1.[Pt+2]. The van der Waals surface area contributed by atoms with Crippen LogP contribution in [0, 0.1) is 19.9 Å². The van der Waals surface area contributed by atoms with Gasteiger partial charge >= 0.3 is 21.1 Å². The Bertz CT molecular complexity index is 3070. The fraction of sp³-hybridized carbons (Fsp3) is 0.125. The van der Waals surface area contributed by atoms with Gasteiger partial charge in [-0.05, 0) is 88.5 Å². The molecule has 10 aromatic rings. The maximum Gasteiger partial charge on any atom is 2.00 e. The van der Waals surface area contributed by atoms with Crippen LogP contribution >= 0.6 is 0 Å². The number of pyridine rings is 1. The largest absolute Gasteiger partial charge is 2.00 e. The number of fused-ring (bicyclic) bond motifs is 7. The molecule has 0 atom stereocenters. The van der Waals surface area contributed by atoms with Crippen molar-refractivity contribution in [3.63, 3.8) is 0 Å². The van der Waals surface area contributed by atoms with Crippen LogP contribution in [0.1, 0.15) is 37.5 Å². The van der Waals surface area contributed by atoms with Gasteiger partial charge in [0.05, 0.1) is 11.0 Å². The first-order valence-electron chi connectivity index (χ1n) is 18.2. The van der Waals surface area contributed by atoms with E-state index in [0.29, 0.717) is 0 Å². The van der Waals surface area contributed by atoms with Crippen LogP contribution in [0.4, 0.5) is 0 Å². The third kappa shape index (κ3) is 5.25. The molecule has 0 radical (unpaired) electrons. The summed E-state index contributed by atoms with van der Waals surface area (Å²) in [6, 6.07) is 49.1. The van der Waals surface area contributed by atoms with E-state index in [4.69, 9.17) is 15.0 Å². The normalized spacial score (nSPS) is 12.0. The van der Waals surface area contributed by atoms with Gasteiger partial charge in [-0.15, -0.1) is 34.8 Å². The molecule has 0 aliphatic rings. The van der Waals surface area contributed by atoms with E-state index in [2.05, 4.69) is 171 Å². The van der Waals surface area contributed by atoms with Gasteiger partial charge < -0.3 is 9.55 Å². The van der Waals surface area contributed by atoms with Crippen molar-refractivity contribution < 1.29 is 21.1 Å². The van der Waals surface area contributed by atoms with E-state index in [9.17, 15) is 0 Å². The molecule has 0 saturated heterocycles. The van der Waals surface area contributed by atoms with Crippen molar-refractivity contribution >= 4 is 54.6 Å². The molecule has 0 saturated carbocycles. The Morgan fingerprint density at radius 2 is 1.43 bits per heavy atom. The zero-order chi connectivity index (χ0) is 36.0. The van der Waals surface area contributed by atoms with Crippen molar-refractivity contribution in [2.75, 3.05) is 0 Å². The monoisotopic (exact) mass is 878 g/mol. The standard InChI is InChI=1S/C48H37N5.Pt/c1-29-18-23-39-37(26-29)44-38(48(3,4)5)22-21-36(46(44)50-39)47-51-45-33(15-11-17-41(45)52(47)32-12-7-6-8-13-32)31-19-20-35-34-14-9-10-16-40(34)53(42(35)28-31)43-27-30(2)24-25-49-43;/h6-27H,1-5H3;/q-2;+2. The minimum Gasteiger partial charge on any atom is -0.656 e. The van der Waals surface area contributed by atoms with Crippen molar-refractivity contribution in [3.8, 4) is 34.0 Å². The second-order valence-electron chi connectivity index (χ2n) is 15.2. The first-order chi connectivity index (χ1) is 25.7. The molecule has 0 amide bonds. The quantitative estimate of drug-likeness (QED) is 0.166. The summed E-state index contributed by atoms with van der Waals surface area (Å²) >= 11 is 0. The number of imidazole rings is 1. The number of benzene rings is 6. The first-order valence-corrected chi connectivity index (χ1v) is 18.2. The molecule has 10 rings (SSSR count). The maximum atomic E-state index is 5.56. The van der Waals surface area contributed by atoms with Crippen LogP contribution in [0.5, 0.6) is 0 Å². The minimum atomic E-state index is -0.0683. The van der Waals surface area contributed by atoms with Crippen LogP contribution < -0.4 is 4.98 Å². The molecule has 0 N–H and O–H groups in total. The Morgan fingerprint density at radius 3 is 2.24 bits per heavy atom. The predicted octanol–water partition coefficient (Wildman–Crippen LogP) is 11.8. The molecule has 0 fully saturated rings. The molecule has 4 heterocycles. The molecular formula is C48H37N5Pt. The Labute approximate surface area is 328 Å².